The van der Waals surface area contributed by atoms with Crippen LogP contribution in [0.4, 0.5) is 9.93 Å². The molecule has 0 aliphatic heterocycles. The zero-order chi connectivity index (χ0) is 12.1. The van der Waals surface area contributed by atoms with Gasteiger partial charge in [0, 0.05) is 11.4 Å². The summed E-state index contributed by atoms with van der Waals surface area (Å²) in [5.41, 5.74) is 2.85. The van der Waals surface area contributed by atoms with E-state index in [-0.39, 0.29) is 6.03 Å². The van der Waals surface area contributed by atoms with Crippen LogP contribution in [0.15, 0.2) is 17.0 Å². The van der Waals surface area contributed by atoms with Crippen LogP contribution in [0.1, 0.15) is 10.4 Å². The van der Waals surface area contributed by atoms with Crippen molar-refractivity contribution in [2.24, 2.45) is 0 Å². The van der Waals surface area contributed by atoms with Crippen LogP contribution in [0.5, 0.6) is 0 Å². The SMILES string of the molecule is Cc1ccsc1CCNC(=O)Nc1nncs1. The van der Waals surface area contributed by atoms with Crippen molar-refractivity contribution in [3.63, 3.8) is 0 Å². The Morgan fingerprint density at radius 3 is 3.00 bits per heavy atom. The molecule has 0 saturated carbocycles. The van der Waals surface area contributed by atoms with Crippen molar-refractivity contribution in [1.29, 1.82) is 0 Å². The molecule has 0 aliphatic carbocycles. The van der Waals surface area contributed by atoms with Gasteiger partial charge in [-0.1, -0.05) is 11.3 Å². The van der Waals surface area contributed by atoms with Gasteiger partial charge in [0.2, 0.25) is 5.13 Å². The molecule has 2 heterocycles. The fourth-order valence-electron chi connectivity index (χ4n) is 1.32. The molecule has 0 saturated heterocycles. The Morgan fingerprint density at radius 1 is 1.47 bits per heavy atom. The maximum atomic E-state index is 11.4. The number of carbonyl (C=O) groups is 1. The van der Waals surface area contributed by atoms with Crippen LogP contribution in [-0.4, -0.2) is 22.8 Å². The van der Waals surface area contributed by atoms with Gasteiger partial charge in [-0.3, -0.25) is 5.32 Å². The number of nitrogens with zero attached hydrogens (tertiary/aromatic N) is 2. The summed E-state index contributed by atoms with van der Waals surface area (Å²) >= 11 is 3.01. The number of nitrogens with one attached hydrogen (secondary N) is 2. The van der Waals surface area contributed by atoms with E-state index in [9.17, 15) is 4.79 Å². The molecule has 0 aromatic carbocycles. The van der Waals surface area contributed by atoms with Crippen molar-refractivity contribution in [3.05, 3.63) is 27.4 Å². The van der Waals surface area contributed by atoms with E-state index < -0.39 is 0 Å². The summed E-state index contributed by atoms with van der Waals surface area (Å²) < 4.78 is 0. The van der Waals surface area contributed by atoms with E-state index in [1.807, 2.05) is 0 Å². The third kappa shape index (κ3) is 3.50. The molecule has 0 fully saturated rings. The van der Waals surface area contributed by atoms with Gasteiger partial charge in [0.15, 0.2) is 0 Å². The number of urea groups is 1. The summed E-state index contributed by atoms with van der Waals surface area (Å²) in [5.74, 6) is 0. The van der Waals surface area contributed by atoms with Gasteiger partial charge in [-0.2, -0.15) is 0 Å². The lowest BCUT2D eigenvalue weighted by Gasteiger charge is -2.04. The monoisotopic (exact) mass is 268 g/mol. The zero-order valence-corrected chi connectivity index (χ0v) is 10.9. The normalized spacial score (nSPS) is 10.2. The van der Waals surface area contributed by atoms with Crippen LogP contribution >= 0.6 is 22.7 Å². The van der Waals surface area contributed by atoms with Crippen LogP contribution in [0.25, 0.3) is 0 Å². The number of hydrogen-bond donors (Lipinski definition) is 2. The quantitative estimate of drug-likeness (QED) is 0.894. The highest BCUT2D eigenvalue weighted by Crippen LogP contribution is 2.15. The minimum absolute atomic E-state index is 0.240. The van der Waals surface area contributed by atoms with E-state index in [0.717, 1.165) is 6.42 Å². The van der Waals surface area contributed by atoms with E-state index >= 15 is 0 Å². The van der Waals surface area contributed by atoms with Gasteiger partial charge in [-0.15, -0.1) is 21.5 Å². The summed E-state index contributed by atoms with van der Waals surface area (Å²) in [6, 6.07) is 1.84. The topological polar surface area (TPSA) is 66.9 Å². The third-order valence-electron chi connectivity index (χ3n) is 2.19. The molecule has 90 valence electrons. The van der Waals surface area contributed by atoms with Gasteiger partial charge in [0.25, 0.3) is 0 Å². The average Bonchev–Trinajstić information content (AvgIpc) is 2.91. The van der Waals surface area contributed by atoms with E-state index in [1.54, 1.807) is 16.8 Å². The summed E-state index contributed by atoms with van der Waals surface area (Å²) in [7, 11) is 0. The summed E-state index contributed by atoms with van der Waals surface area (Å²) in [5, 5.41) is 15.3. The predicted octanol–water partition coefficient (Wildman–Crippen LogP) is 2.27. The maximum Gasteiger partial charge on any atom is 0.321 e. The molecule has 0 atom stereocenters. The van der Waals surface area contributed by atoms with Crippen LogP contribution in [0.2, 0.25) is 0 Å². The first-order valence-electron chi connectivity index (χ1n) is 5.09. The number of thiophene rings is 1. The first-order valence-corrected chi connectivity index (χ1v) is 6.85. The van der Waals surface area contributed by atoms with Crippen LogP contribution < -0.4 is 10.6 Å². The van der Waals surface area contributed by atoms with Crippen molar-refractivity contribution in [2.75, 3.05) is 11.9 Å². The number of hydrogen-bond acceptors (Lipinski definition) is 5. The molecular formula is C10H12N4OS2. The molecule has 0 bridgehead atoms. The molecule has 7 heteroatoms. The number of aromatic nitrogens is 2. The largest absolute Gasteiger partial charge is 0.337 e. The standard InChI is InChI=1S/C10H12N4OS2/c1-7-3-5-16-8(7)2-4-11-9(15)13-10-14-12-6-17-10/h3,5-6H,2,4H2,1H3,(H2,11,13,14,15). The lowest BCUT2D eigenvalue weighted by molar-refractivity contribution is 0.252. The highest BCUT2D eigenvalue weighted by molar-refractivity contribution is 7.13. The van der Waals surface area contributed by atoms with Gasteiger partial charge < -0.3 is 5.32 Å². The van der Waals surface area contributed by atoms with Gasteiger partial charge in [0.05, 0.1) is 0 Å². The zero-order valence-electron chi connectivity index (χ0n) is 9.27. The Morgan fingerprint density at radius 2 is 2.35 bits per heavy atom. The number of aryl methyl sites for hydroxylation is 1. The van der Waals surface area contributed by atoms with Crippen molar-refractivity contribution in [2.45, 2.75) is 13.3 Å². The maximum absolute atomic E-state index is 11.4. The molecule has 2 aromatic heterocycles. The Balaban J connectivity index is 1.72. The Hall–Kier alpha value is -1.47. The third-order valence-corrected chi connectivity index (χ3v) is 3.88. The molecule has 0 spiro atoms. The van der Waals surface area contributed by atoms with Crippen LogP contribution in [0.3, 0.4) is 0 Å². The van der Waals surface area contributed by atoms with E-state index in [1.165, 1.54) is 21.8 Å². The second kappa shape index (κ2) is 5.74. The minimum Gasteiger partial charge on any atom is -0.337 e. The lowest BCUT2D eigenvalue weighted by Crippen LogP contribution is -2.30. The van der Waals surface area contributed by atoms with Gasteiger partial charge in [0.1, 0.15) is 5.51 Å². The molecule has 17 heavy (non-hydrogen) atoms. The van der Waals surface area contributed by atoms with E-state index in [0.29, 0.717) is 11.7 Å². The summed E-state index contributed by atoms with van der Waals surface area (Å²) in [4.78, 5) is 12.8. The second-order valence-electron chi connectivity index (χ2n) is 3.40. The summed E-state index contributed by atoms with van der Waals surface area (Å²) in [6.45, 7) is 2.69. The first kappa shape index (κ1) is 12.0. The van der Waals surface area contributed by atoms with Crippen molar-refractivity contribution in [3.8, 4) is 0 Å². The second-order valence-corrected chi connectivity index (χ2v) is 5.24. The van der Waals surface area contributed by atoms with Gasteiger partial charge in [-0.25, -0.2) is 4.79 Å². The highest BCUT2D eigenvalue weighted by atomic mass is 32.1. The molecule has 0 unspecified atom stereocenters. The molecular weight excluding hydrogens is 256 g/mol. The lowest BCUT2D eigenvalue weighted by atomic mass is 10.2. The Kier molecular flexibility index (Phi) is 4.05. The first-order chi connectivity index (χ1) is 8.25. The average molecular weight is 268 g/mol. The highest BCUT2D eigenvalue weighted by Gasteiger charge is 2.04. The van der Waals surface area contributed by atoms with Crippen molar-refractivity contribution < 1.29 is 4.79 Å². The Bertz CT molecular complexity index is 480. The molecule has 2 N–H and O–H groups in total. The fourth-order valence-corrected chi connectivity index (χ4v) is 2.67. The van der Waals surface area contributed by atoms with Crippen molar-refractivity contribution >= 4 is 33.8 Å². The minimum atomic E-state index is -0.240. The molecule has 2 amide bonds. The number of amides is 2. The van der Waals surface area contributed by atoms with Crippen LogP contribution in [-0.2, 0) is 6.42 Å². The van der Waals surface area contributed by atoms with E-state index in [2.05, 4.69) is 39.2 Å². The number of anilines is 1. The predicted molar refractivity (Wildman–Crippen MR) is 69.7 cm³/mol. The Labute approximate surface area is 107 Å². The van der Waals surface area contributed by atoms with Crippen molar-refractivity contribution in [1.82, 2.24) is 15.5 Å². The summed E-state index contributed by atoms with van der Waals surface area (Å²) in [6.07, 6.45) is 0.854. The van der Waals surface area contributed by atoms with Crippen LogP contribution in [0, 0.1) is 6.92 Å². The molecule has 5 nitrogen and oxygen atoms in total. The molecule has 0 radical (unpaired) electrons. The van der Waals surface area contributed by atoms with Gasteiger partial charge in [-0.05, 0) is 30.4 Å². The van der Waals surface area contributed by atoms with E-state index in [4.69, 9.17) is 0 Å². The van der Waals surface area contributed by atoms with Gasteiger partial charge >= 0.3 is 6.03 Å². The number of rotatable bonds is 4. The fraction of sp³-hybridized carbons (Fsp3) is 0.300. The smallest absolute Gasteiger partial charge is 0.321 e. The number of carbonyl (C=O) groups excluding carboxylic acids is 1. The molecule has 2 rings (SSSR count). The molecule has 2 aromatic rings. The molecule has 0 aliphatic rings.